The fraction of sp³-hybridized carbons (Fsp3) is 0.556. The van der Waals surface area contributed by atoms with Gasteiger partial charge in [0, 0.05) is 11.7 Å². The van der Waals surface area contributed by atoms with E-state index in [0.29, 0.717) is 0 Å². The maximum absolute atomic E-state index is 12.2. The molecule has 0 aliphatic heterocycles. The largest absolute Gasteiger partial charge is 0.491 e. The molecule has 24 heavy (non-hydrogen) atoms. The highest BCUT2D eigenvalue weighted by Gasteiger charge is 2.34. The lowest BCUT2D eigenvalue weighted by atomic mass is 10.0. The normalized spacial score (nSPS) is 19.9. The summed E-state index contributed by atoms with van der Waals surface area (Å²) in [6.07, 6.45) is 2.54. The molecular weight excluding hydrogens is 308 g/mol. The number of methoxy groups -OCH3 is 1. The second kappa shape index (κ2) is 8.04. The van der Waals surface area contributed by atoms with Crippen LogP contribution in [0.3, 0.4) is 0 Å². The molecule has 1 aliphatic carbocycles. The number of hydrogen-bond acceptors (Lipinski definition) is 4. The van der Waals surface area contributed by atoms with Crippen molar-refractivity contribution in [2.75, 3.05) is 12.4 Å². The first-order valence-corrected chi connectivity index (χ1v) is 8.33. The molecule has 1 fully saturated rings. The summed E-state index contributed by atoms with van der Waals surface area (Å²) < 4.78 is 10.4. The van der Waals surface area contributed by atoms with E-state index in [-0.39, 0.29) is 30.1 Å². The SMILES string of the molecule is COC(=O)[C@@H]1CCC[C@H]1NC(=O)Nc1ccc(OC(C)C)cc1C. The van der Waals surface area contributed by atoms with Gasteiger partial charge in [-0.15, -0.1) is 0 Å². The number of nitrogens with one attached hydrogen (secondary N) is 2. The van der Waals surface area contributed by atoms with Crippen molar-refractivity contribution in [2.45, 2.75) is 52.2 Å². The summed E-state index contributed by atoms with van der Waals surface area (Å²) in [5.41, 5.74) is 1.63. The van der Waals surface area contributed by atoms with Crippen molar-refractivity contribution in [2.24, 2.45) is 5.92 Å². The standard InChI is InChI=1S/C18H26N2O4/c1-11(2)24-13-8-9-15(12(3)10-13)19-18(22)20-16-7-5-6-14(16)17(21)23-4/h8-11,14,16H,5-7H2,1-4H3,(H2,19,20,22)/t14-,16-/m1/s1. The molecule has 1 aliphatic rings. The Morgan fingerprint density at radius 1 is 1.25 bits per heavy atom. The Morgan fingerprint density at radius 2 is 2.00 bits per heavy atom. The summed E-state index contributed by atoms with van der Waals surface area (Å²) >= 11 is 0. The molecule has 2 amide bonds. The van der Waals surface area contributed by atoms with Gasteiger partial charge < -0.3 is 20.1 Å². The average Bonchev–Trinajstić information content (AvgIpc) is 2.96. The second-order valence-corrected chi connectivity index (χ2v) is 6.41. The Labute approximate surface area is 142 Å². The van der Waals surface area contributed by atoms with Crippen molar-refractivity contribution in [3.05, 3.63) is 23.8 Å². The molecule has 0 unspecified atom stereocenters. The number of hydrogen-bond donors (Lipinski definition) is 2. The zero-order chi connectivity index (χ0) is 17.7. The van der Waals surface area contributed by atoms with Crippen molar-refractivity contribution in [1.82, 2.24) is 5.32 Å². The van der Waals surface area contributed by atoms with Gasteiger partial charge in [0.15, 0.2) is 0 Å². The number of aryl methyl sites for hydroxylation is 1. The molecule has 2 atom stereocenters. The number of benzene rings is 1. The van der Waals surface area contributed by atoms with Crippen LogP contribution in [-0.2, 0) is 9.53 Å². The van der Waals surface area contributed by atoms with Gasteiger partial charge in [0.2, 0.25) is 0 Å². The second-order valence-electron chi connectivity index (χ2n) is 6.41. The Kier molecular flexibility index (Phi) is 6.06. The number of rotatable bonds is 5. The van der Waals surface area contributed by atoms with E-state index in [4.69, 9.17) is 9.47 Å². The molecule has 2 N–H and O–H groups in total. The van der Waals surface area contributed by atoms with Gasteiger partial charge in [-0.05, 0) is 57.4 Å². The third-order valence-corrected chi connectivity index (χ3v) is 4.15. The molecule has 1 aromatic carbocycles. The Balaban J connectivity index is 1.96. The molecule has 6 heteroatoms. The van der Waals surface area contributed by atoms with E-state index in [1.54, 1.807) is 0 Å². The molecule has 2 rings (SSSR count). The van der Waals surface area contributed by atoms with E-state index in [9.17, 15) is 9.59 Å². The van der Waals surface area contributed by atoms with Gasteiger partial charge in [-0.2, -0.15) is 0 Å². The summed E-state index contributed by atoms with van der Waals surface area (Å²) in [7, 11) is 1.38. The topological polar surface area (TPSA) is 76.7 Å². The van der Waals surface area contributed by atoms with Gasteiger partial charge in [-0.1, -0.05) is 6.42 Å². The van der Waals surface area contributed by atoms with E-state index in [1.807, 2.05) is 39.0 Å². The van der Waals surface area contributed by atoms with Crippen LogP contribution in [0.4, 0.5) is 10.5 Å². The molecule has 1 aromatic rings. The van der Waals surface area contributed by atoms with Crippen molar-refractivity contribution < 1.29 is 19.1 Å². The van der Waals surface area contributed by atoms with Crippen LogP contribution in [0.15, 0.2) is 18.2 Å². The van der Waals surface area contributed by atoms with Crippen molar-refractivity contribution in [3.8, 4) is 5.75 Å². The first-order valence-electron chi connectivity index (χ1n) is 8.33. The summed E-state index contributed by atoms with van der Waals surface area (Å²) in [6.45, 7) is 5.85. The summed E-state index contributed by atoms with van der Waals surface area (Å²) in [4.78, 5) is 24.0. The molecule has 6 nitrogen and oxygen atoms in total. The molecule has 0 aromatic heterocycles. The minimum Gasteiger partial charge on any atom is -0.491 e. The molecule has 0 radical (unpaired) electrons. The lowest BCUT2D eigenvalue weighted by Crippen LogP contribution is -2.42. The maximum Gasteiger partial charge on any atom is 0.319 e. The predicted molar refractivity (Wildman–Crippen MR) is 92.2 cm³/mol. The number of esters is 1. The Hall–Kier alpha value is -2.24. The van der Waals surface area contributed by atoms with E-state index in [2.05, 4.69) is 10.6 Å². The highest BCUT2D eigenvalue weighted by atomic mass is 16.5. The highest BCUT2D eigenvalue weighted by Crippen LogP contribution is 2.27. The van der Waals surface area contributed by atoms with Crippen molar-refractivity contribution in [3.63, 3.8) is 0 Å². The molecule has 1 saturated carbocycles. The van der Waals surface area contributed by atoms with Crippen LogP contribution in [0.1, 0.15) is 38.7 Å². The maximum atomic E-state index is 12.2. The van der Waals surface area contributed by atoms with Crippen LogP contribution < -0.4 is 15.4 Å². The van der Waals surface area contributed by atoms with Gasteiger partial charge in [0.05, 0.1) is 19.1 Å². The van der Waals surface area contributed by atoms with Crippen molar-refractivity contribution >= 4 is 17.7 Å². The van der Waals surface area contributed by atoms with Crippen LogP contribution in [0, 0.1) is 12.8 Å². The van der Waals surface area contributed by atoms with Crippen LogP contribution in [0.5, 0.6) is 5.75 Å². The predicted octanol–water partition coefficient (Wildman–Crippen LogP) is 3.25. The fourth-order valence-electron chi connectivity index (χ4n) is 3.01. The summed E-state index contributed by atoms with van der Waals surface area (Å²) in [6, 6.07) is 5.05. The van der Waals surface area contributed by atoms with E-state index < -0.39 is 0 Å². The molecule has 0 heterocycles. The first kappa shape index (κ1) is 18.1. The third-order valence-electron chi connectivity index (χ3n) is 4.15. The zero-order valence-electron chi connectivity index (χ0n) is 14.7. The number of carbonyl (C=O) groups is 2. The average molecular weight is 334 g/mol. The van der Waals surface area contributed by atoms with Gasteiger partial charge >= 0.3 is 12.0 Å². The highest BCUT2D eigenvalue weighted by molar-refractivity contribution is 5.90. The Bertz CT molecular complexity index is 601. The number of ether oxygens (including phenoxy) is 2. The number of carbonyl (C=O) groups excluding carboxylic acids is 2. The van der Waals surface area contributed by atoms with Gasteiger partial charge in [0.1, 0.15) is 5.75 Å². The smallest absolute Gasteiger partial charge is 0.319 e. The Morgan fingerprint density at radius 3 is 2.62 bits per heavy atom. The summed E-state index contributed by atoms with van der Waals surface area (Å²) in [5.74, 6) is 0.253. The zero-order valence-corrected chi connectivity index (χ0v) is 14.7. The van der Waals surface area contributed by atoms with E-state index in [0.717, 1.165) is 36.3 Å². The number of amides is 2. The molecule has 0 saturated heterocycles. The number of anilines is 1. The molecule has 0 spiro atoms. The third kappa shape index (κ3) is 4.63. The van der Waals surface area contributed by atoms with Crippen molar-refractivity contribution in [1.29, 1.82) is 0 Å². The monoisotopic (exact) mass is 334 g/mol. The lowest BCUT2D eigenvalue weighted by Gasteiger charge is -2.20. The van der Waals surface area contributed by atoms with Crippen LogP contribution in [0.2, 0.25) is 0 Å². The quantitative estimate of drug-likeness (QED) is 0.811. The minimum atomic E-state index is -0.309. The van der Waals surface area contributed by atoms with Gasteiger partial charge in [-0.3, -0.25) is 4.79 Å². The molecular formula is C18H26N2O4. The number of urea groups is 1. The van der Waals surface area contributed by atoms with E-state index >= 15 is 0 Å². The van der Waals surface area contributed by atoms with Crippen LogP contribution in [-0.4, -0.2) is 31.3 Å². The van der Waals surface area contributed by atoms with Gasteiger partial charge in [-0.25, -0.2) is 4.79 Å². The first-order chi connectivity index (χ1) is 11.4. The summed E-state index contributed by atoms with van der Waals surface area (Å²) in [5, 5.41) is 5.72. The fourth-order valence-corrected chi connectivity index (χ4v) is 3.01. The van der Waals surface area contributed by atoms with Crippen LogP contribution >= 0.6 is 0 Å². The van der Waals surface area contributed by atoms with Gasteiger partial charge in [0.25, 0.3) is 0 Å². The van der Waals surface area contributed by atoms with Crippen LogP contribution in [0.25, 0.3) is 0 Å². The minimum absolute atomic E-state index is 0.101. The molecule has 0 bridgehead atoms. The lowest BCUT2D eigenvalue weighted by molar-refractivity contribution is -0.145. The van der Waals surface area contributed by atoms with E-state index in [1.165, 1.54) is 7.11 Å². The molecule has 132 valence electrons.